The van der Waals surface area contributed by atoms with Crippen molar-refractivity contribution in [3.05, 3.63) is 53.3 Å². The molecular weight excluding hydrogens is 324 g/mol. The highest BCUT2D eigenvalue weighted by Crippen LogP contribution is 2.28. The van der Waals surface area contributed by atoms with E-state index in [0.717, 1.165) is 51.3 Å². The molecule has 0 bridgehead atoms. The molecule has 5 nitrogen and oxygen atoms in total. The van der Waals surface area contributed by atoms with E-state index in [1.165, 1.54) is 11.1 Å². The summed E-state index contributed by atoms with van der Waals surface area (Å²) in [5.41, 5.74) is 3.86. The van der Waals surface area contributed by atoms with Gasteiger partial charge in [0.2, 0.25) is 0 Å². The van der Waals surface area contributed by atoms with Gasteiger partial charge in [0.15, 0.2) is 0 Å². The third kappa shape index (κ3) is 3.70. The van der Waals surface area contributed by atoms with Crippen molar-refractivity contribution in [2.24, 2.45) is 0 Å². The maximum Gasteiger partial charge on any atom is 0.0682 e. The summed E-state index contributed by atoms with van der Waals surface area (Å²) in [4.78, 5) is 5.12. The van der Waals surface area contributed by atoms with Gasteiger partial charge < -0.3 is 5.11 Å². The molecular formula is C21H30N4O. The molecule has 140 valence electrons. The van der Waals surface area contributed by atoms with Crippen molar-refractivity contribution >= 4 is 0 Å². The molecule has 2 aliphatic heterocycles. The molecule has 3 heterocycles. The monoisotopic (exact) mass is 354 g/mol. The molecule has 0 amide bonds. The fourth-order valence-electron chi connectivity index (χ4n) is 4.55. The first-order valence-corrected chi connectivity index (χ1v) is 9.85. The summed E-state index contributed by atoms with van der Waals surface area (Å²) in [6, 6.07) is 11.7. The van der Waals surface area contributed by atoms with Gasteiger partial charge in [-0.15, -0.1) is 0 Å². The fourth-order valence-corrected chi connectivity index (χ4v) is 4.55. The number of piperazine rings is 1. The van der Waals surface area contributed by atoms with Crippen LogP contribution in [0.4, 0.5) is 0 Å². The molecule has 2 aromatic rings. The Bertz CT molecular complexity index is 729. The lowest BCUT2D eigenvalue weighted by atomic mass is 9.99. The van der Waals surface area contributed by atoms with Crippen LogP contribution in [-0.2, 0) is 19.5 Å². The molecule has 5 heteroatoms. The number of nitrogens with zero attached hydrogens (tertiary/aromatic N) is 4. The van der Waals surface area contributed by atoms with Gasteiger partial charge in [-0.2, -0.15) is 5.10 Å². The zero-order valence-electron chi connectivity index (χ0n) is 15.9. The van der Waals surface area contributed by atoms with Crippen molar-refractivity contribution in [2.45, 2.75) is 58.0 Å². The molecule has 0 aliphatic carbocycles. The maximum atomic E-state index is 10.1. The number of fused-ring (bicyclic) bond motifs is 1. The van der Waals surface area contributed by atoms with E-state index in [-0.39, 0.29) is 6.10 Å². The van der Waals surface area contributed by atoms with Gasteiger partial charge in [0.05, 0.1) is 11.8 Å². The number of hydrogen-bond donors (Lipinski definition) is 1. The Balaban J connectivity index is 1.54. The first kappa shape index (κ1) is 17.7. The number of benzene rings is 1. The highest BCUT2D eigenvalue weighted by atomic mass is 16.3. The van der Waals surface area contributed by atoms with E-state index in [4.69, 9.17) is 0 Å². The second kappa shape index (κ2) is 7.51. The van der Waals surface area contributed by atoms with Crippen LogP contribution in [-0.4, -0.2) is 62.5 Å². The van der Waals surface area contributed by atoms with Gasteiger partial charge in [-0.3, -0.25) is 14.5 Å². The van der Waals surface area contributed by atoms with Crippen LogP contribution in [0, 0.1) is 6.92 Å². The summed E-state index contributed by atoms with van der Waals surface area (Å²) in [5.74, 6) is 0. The first-order valence-electron chi connectivity index (χ1n) is 9.85. The zero-order chi connectivity index (χ0) is 18.1. The van der Waals surface area contributed by atoms with Gasteiger partial charge in [-0.1, -0.05) is 30.3 Å². The molecule has 2 saturated heterocycles. The predicted molar refractivity (Wildman–Crippen MR) is 103 cm³/mol. The van der Waals surface area contributed by atoms with E-state index in [0.29, 0.717) is 12.1 Å². The maximum absolute atomic E-state index is 10.1. The summed E-state index contributed by atoms with van der Waals surface area (Å²) in [5, 5.41) is 14.7. The highest BCUT2D eigenvalue weighted by molar-refractivity contribution is 5.19. The minimum atomic E-state index is -0.165. The Labute approximate surface area is 156 Å². The number of aliphatic hydroxyl groups is 1. The fraction of sp³-hybridized carbons (Fsp3) is 0.571. The molecule has 0 radical (unpaired) electrons. The van der Waals surface area contributed by atoms with Crippen LogP contribution in [0.15, 0.2) is 36.5 Å². The third-order valence-corrected chi connectivity index (χ3v) is 5.97. The molecule has 2 aliphatic rings. The Hall–Kier alpha value is -1.69. The molecule has 2 fully saturated rings. The molecule has 1 N–H and O–H groups in total. The summed E-state index contributed by atoms with van der Waals surface area (Å²) in [7, 11) is 0. The second-order valence-electron chi connectivity index (χ2n) is 7.87. The second-order valence-corrected chi connectivity index (χ2v) is 7.87. The Morgan fingerprint density at radius 3 is 2.69 bits per heavy atom. The van der Waals surface area contributed by atoms with Crippen LogP contribution in [0.25, 0.3) is 0 Å². The van der Waals surface area contributed by atoms with E-state index in [9.17, 15) is 5.11 Å². The summed E-state index contributed by atoms with van der Waals surface area (Å²) in [6.07, 6.45) is 4.00. The van der Waals surface area contributed by atoms with E-state index in [1.807, 2.05) is 4.68 Å². The van der Waals surface area contributed by atoms with Crippen LogP contribution >= 0.6 is 0 Å². The summed E-state index contributed by atoms with van der Waals surface area (Å²) >= 11 is 0. The van der Waals surface area contributed by atoms with E-state index >= 15 is 0 Å². The van der Waals surface area contributed by atoms with Gasteiger partial charge in [-0.05, 0) is 32.3 Å². The molecule has 0 saturated carbocycles. The Morgan fingerprint density at radius 2 is 1.96 bits per heavy atom. The number of aromatic nitrogens is 2. The largest absolute Gasteiger partial charge is 0.392 e. The van der Waals surface area contributed by atoms with Crippen molar-refractivity contribution in [1.29, 1.82) is 0 Å². The average molecular weight is 354 g/mol. The SMILES string of the molecule is CCn1cc(CN2C[C@@H]3C[C@@H](O)CN3C[C@@H]2Cc2ccccc2)c(C)n1. The molecule has 0 spiro atoms. The Kier molecular flexibility index (Phi) is 5.11. The lowest BCUT2D eigenvalue weighted by Crippen LogP contribution is -2.56. The van der Waals surface area contributed by atoms with Gasteiger partial charge >= 0.3 is 0 Å². The van der Waals surface area contributed by atoms with E-state index < -0.39 is 0 Å². The number of hydrogen-bond acceptors (Lipinski definition) is 4. The van der Waals surface area contributed by atoms with E-state index in [2.05, 4.69) is 65.3 Å². The highest BCUT2D eigenvalue weighted by Gasteiger charge is 2.39. The van der Waals surface area contributed by atoms with Crippen LogP contribution in [0.5, 0.6) is 0 Å². The lowest BCUT2D eigenvalue weighted by Gasteiger charge is -2.43. The smallest absolute Gasteiger partial charge is 0.0682 e. The topological polar surface area (TPSA) is 44.5 Å². The normalized spacial score (nSPS) is 27.0. The standard InChI is InChI=1S/C21H30N4O/c1-3-25-12-18(16(2)22-25)11-23-14-20-10-21(26)15-24(20)13-19(23)9-17-7-5-4-6-8-17/h4-8,12,19-21,26H,3,9-11,13-15H2,1-2H3/t19-,20-,21+/m0/s1. The molecule has 26 heavy (non-hydrogen) atoms. The molecule has 0 unspecified atom stereocenters. The van der Waals surface area contributed by atoms with Gasteiger partial charge in [0.25, 0.3) is 0 Å². The molecule has 1 aromatic heterocycles. The van der Waals surface area contributed by atoms with E-state index in [1.54, 1.807) is 0 Å². The van der Waals surface area contributed by atoms with Crippen LogP contribution < -0.4 is 0 Å². The number of aryl methyl sites for hydroxylation is 2. The van der Waals surface area contributed by atoms with Gasteiger partial charge in [0, 0.05) is 56.6 Å². The minimum absolute atomic E-state index is 0.165. The van der Waals surface area contributed by atoms with Gasteiger partial charge in [0.1, 0.15) is 0 Å². The van der Waals surface area contributed by atoms with Gasteiger partial charge in [-0.25, -0.2) is 0 Å². The zero-order valence-corrected chi connectivity index (χ0v) is 15.9. The predicted octanol–water partition coefficient (Wildman–Crippen LogP) is 2.07. The van der Waals surface area contributed by atoms with Crippen molar-refractivity contribution in [1.82, 2.24) is 19.6 Å². The number of rotatable bonds is 5. The summed E-state index contributed by atoms with van der Waals surface area (Å²) in [6.45, 7) is 9.01. The van der Waals surface area contributed by atoms with Crippen molar-refractivity contribution in [3.63, 3.8) is 0 Å². The van der Waals surface area contributed by atoms with Crippen LogP contribution in [0.3, 0.4) is 0 Å². The van der Waals surface area contributed by atoms with Crippen LogP contribution in [0.1, 0.15) is 30.2 Å². The lowest BCUT2D eigenvalue weighted by molar-refractivity contribution is 0.0444. The van der Waals surface area contributed by atoms with Crippen LogP contribution in [0.2, 0.25) is 0 Å². The molecule has 1 aromatic carbocycles. The summed E-state index contributed by atoms with van der Waals surface area (Å²) < 4.78 is 2.03. The average Bonchev–Trinajstić information content (AvgIpc) is 3.17. The quantitative estimate of drug-likeness (QED) is 0.893. The first-order chi connectivity index (χ1) is 12.6. The van der Waals surface area contributed by atoms with Crippen molar-refractivity contribution < 1.29 is 5.11 Å². The van der Waals surface area contributed by atoms with Crippen molar-refractivity contribution in [2.75, 3.05) is 19.6 Å². The minimum Gasteiger partial charge on any atom is -0.392 e. The molecule has 4 rings (SSSR count). The molecule has 3 atom stereocenters. The third-order valence-electron chi connectivity index (χ3n) is 5.97. The number of aliphatic hydroxyl groups excluding tert-OH is 1. The Morgan fingerprint density at radius 1 is 1.15 bits per heavy atom. The van der Waals surface area contributed by atoms with Crippen molar-refractivity contribution in [3.8, 4) is 0 Å².